The van der Waals surface area contributed by atoms with Crippen molar-refractivity contribution in [3.8, 4) is 11.1 Å². The molecule has 0 fully saturated rings. The van der Waals surface area contributed by atoms with E-state index in [-0.39, 0.29) is 6.42 Å². The zero-order chi connectivity index (χ0) is 23.8. The van der Waals surface area contributed by atoms with E-state index in [9.17, 15) is 18.4 Å². The Hall–Kier alpha value is -4.07. The molecule has 1 heterocycles. The van der Waals surface area contributed by atoms with Crippen molar-refractivity contribution < 1.29 is 23.2 Å². The lowest BCUT2D eigenvalue weighted by molar-refractivity contribution is -0.138. The maximum absolute atomic E-state index is 13.8. The Morgan fingerprint density at radius 2 is 1.67 bits per heavy atom. The van der Waals surface area contributed by atoms with Crippen molar-refractivity contribution >= 4 is 23.2 Å². The van der Waals surface area contributed by atoms with Gasteiger partial charge in [0.25, 0.3) is 11.8 Å². The molecule has 0 saturated carbocycles. The van der Waals surface area contributed by atoms with Crippen molar-refractivity contribution in [1.82, 2.24) is 0 Å². The first-order valence-electron chi connectivity index (χ1n) is 10.2. The van der Waals surface area contributed by atoms with Gasteiger partial charge < -0.3 is 15.9 Å². The molecular formula is C25H21F2N3O3. The van der Waals surface area contributed by atoms with E-state index in [0.29, 0.717) is 11.4 Å². The lowest BCUT2D eigenvalue weighted by Gasteiger charge is -2.16. The Kier molecular flexibility index (Phi) is 5.68. The summed E-state index contributed by atoms with van der Waals surface area (Å²) in [5.74, 6) is -3.31. The molecule has 4 rings (SSSR count). The van der Waals surface area contributed by atoms with Gasteiger partial charge in [0, 0.05) is 17.7 Å². The van der Waals surface area contributed by atoms with Gasteiger partial charge in [-0.05, 0) is 60.9 Å². The summed E-state index contributed by atoms with van der Waals surface area (Å²) in [5.41, 5.74) is 8.20. The average Bonchev–Trinajstić information content (AvgIpc) is 3.18. The number of benzene rings is 3. The predicted molar refractivity (Wildman–Crippen MR) is 121 cm³/mol. The van der Waals surface area contributed by atoms with Crippen molar-refractivity contribution in [2.45, 2.75) is 25.9 Å². The van der Waals surface area contributed by atoms with E-state index in [0.717, 1.165) is 34.4 Å². The Balaban J connectivity index is 1.55. The van der Waals surface area contributed by atoms with Crippen molar-refractivity contribution in [2.75, 3.05) is 5.32 Å². The molecule has 3 N–H and O–H groups in total. The second-order valence-electron chi connectivity index (χ2n) is 8.06. The molecule has 1 aliphatic rings. The number of aryl methyl sites for hydroxylation is 1. The molecule has 1 unspecified atom stereocenters. The first-order chi connectivity index (χ1) is 15.7. The fourth-order valence-corrected chi connectivity index (χ4v) is 3.58. The Morgan fingerprint density at radius 1 is 1.03 bits per heavy atom. The minimum atomic E-state index is -1.17. The van der Waals surface area contributed by atoms with Gasteiger partial charge in [0.05, 0.1) is 5.71 Å². The Morgan fingerprint density at radius 3 is 2.27 bits per heavy atom. The minimum absolute atomic E-state index is 0.266. The van der Waals surface area contributed by atoms with E-state index in [1.165, 1.54) is 6.07 Å². The third-order valence-electron chi connectivity index (χ3n) is 5.60. The molecule has 0 aliphatic carbocycles. The van der Waals surface area contributed by atoms with Gasteiger partial charge in [0.1, 0.15) is 17.2 Å². The normalized spacial score (nSPS) is 17.3. The smallest absolute Gasteiger partial charge is 0.264 e. The van der Waals surface area contributed by atoms with Crippen LogP contribution in [-0.4, -0.2) is 23.1 Å². The average molecular weight is 449 g/mol. The molecule has 6 nitrogen and oxygen atoms in total. The fourth-order valence-electron chi connectivity index (χ4n) is 3.58. The van der Waals surface area contributed by atoms with Crippen LogP contribution in [0.15, 0.2) is 65.8 Å². The predicted octanol–water partition coefficient (Wildman–Crippen LogP) is 4.56. The molecule has 3 aromatic carbocycles. The van der Waals surface area contributed by atoms with Crippen LogP contribution in [0, 0.1) is 18.6 Å². The number of amides is 2. The first kappa shape index (κ1) is 22.1. The summed E-state index contributed by atoms with van der Waals surface area (Å²) in [6.07, 6.45) is 0.266. The van der Waals surface area contributed by atoms with Crippen LogP contribution in [0.25, 0.3) is 11.1 Å². The van der Waals surface area contributed by atoms with Crippen LogP contribution in [-0.2, 0) is 9.63 Å². The standard InChI is InChI=1S/C25H21F2N3O3/c1-14-6-7-16(21-13-25(2,24(28)32)33-30-21)12-18(14)15-8-10-17(11-9-15)29-23(31)22-19(26)4-3-5-20(22)27/h3-12H,13H2,1-2H3,(H2,28,32)(H,29,31). The number of primary amides is 1. The molecule has 0 aromatic heterocycles. The monoisotopic (exact) mass is 449 g/mol. The van der Waals surface area contributed by atoms with Crippen LogP contribution in [0.3, 0.4) is 0 Å². The molecule has 2 amide bonds. The number of nitrogens with zero attached hydrogens (tertiary/aromatic N) is 1. The summed E-state index contributed by atoms with van der Waals surface area (Å²) in [5, 5.41) is 6.55. The number of nitrogens with two attached hydrogens (primary N) is 1. The van der Waals surface area contributed by atoms with Gasteiger partial charge in [0.15, 0.2) is 0 Å². The molecule has 3 aromatic rings. The number of halogens is 2. The number of nitrogens with one attached hydrogen (secondary N) is 1. The summed E-state index contributed by atoms with van der Waals surface area (Å²) in [6, 6.07) is 15.9. The zero-order valence-electron chi connectivity index (χ0n) is 18.0. The van der Waals surface area contributed by atoms with Crippen LogP contribution < -0.4 is 11.1 Å². The van der Waals surface area contributed by atoms with Crippen LogP contribution in [0.1, 0.15) is 34.8 Å². The summed E-state index contributed by atoms with van der Waals surface area (Å²) in [7, 11) is 0. The highest BCUT2D eigenvalue weighted by atomic mass is 19.1. The second kappa shape index (κ2) is 8.46. The molecule has 33 heavy (non-hydrogen) atoms. The van der Waals surface area contributed by atoms with Crippen molar-refractivity contribution in [3.63, 3.8) is 0 Å². The van der Waals surface area contributed by atoms with Crippen LogP contribution in [0.5, 0.6) is 0 Å². The molecule has 8 heteroatoms. The maximum Gasteiger partial charge on any atom is 0.264 e. The van der Waals surface area contributed by atoms with Gasteiger partial charge in [-0.3, -0.25) is 9.59 Å². The van der Waals surface area contributed by atoms with Gasteiger partial charge >= 0.3 is 0 Å². The van der Waals surface area contributed by atoms with Gasteiger partial charge in [-0.1, -0.05) is 35.5 Å². The van der Waals surface area contributed by atoms with E-state index in [2.05, 4.69) is 10.5 Å². The number of rotatable bonds is 5. The van der Waals surface area contributed by atoms with E-state index in [1.807, 2.05) is 25.1 Å². The highest BCUT2D eigenvalue weighted by Crippen LogP contribution is 2.30. The number of hydrogen-bond acceptors (Lipinski definition) is 4. The molecule has 0 spiro atoms. The molecule has 1 aliphatic heterocycles. The van der Waals surface area contributed by atoms with Crippen molar-refractivity contribution in [1.29, 1.82) is 0 Å². The molecule has 0 radical (unpaired) electrons. The quantitative estimate of drug-likeness (QED) is 0.598. The topological polar surface area (TPSA) is 93.8 Å². The third kappa shape index (κ3) is 4.32. The SMILES string of the molecule is Cc1ccc(C2=NOC(C)(C(N)=O)C2)cc1-c1ccc(NC(=O)c2c(F)cccc2F)cc1. The highest BCUT2D eigenvalue weighted by Gasteiger charge is 2.40. The Labute approximate surface area is 189 Å². The number of oxime groups is 1. The van der Waals surface area contributed by atoms with Crippen molar-refractivity contribution in [2.24, 2.45) is 10.9 Å². The summed E-state index contributed by atoms with van der Waals surface area (Å²) < 4.78 is 27.7. The van der Waals surface area contributed by atoms with Crippen molar-refractivity contribution in [3.05, 3.63) is 89.0 Å². The van der Waals surface area contributed by atoms with Crippen LogP contribution in [0.4, 0.5) is 14.5 Å². The lowest BCUT2D eigenvalue weighted by Crippen LogP contribution is -2.41. The van der Waals surface area contributed by atoms with Gasteiger partial charge in [-0.2, -0.15) is 0 Å². The maximum atomic E-state index is 13.8. The zero-order valence-corrected chi connectivity index (χ0v) is 18.0. The summed E-state index contributed by atoms with van der Waals surface area (Å²) in [6.45, 7) is 3.55. The van der Waals surface area contributed by atoms with E-state index < -0.39 is 34.6 Å². The summed E-state index contributed by atoms with van der Waals surface area (Å²) >= 11 is 0. The number of anilines is 1. The Bertz CT molecular complexity index is 1270. The summed E-state index contributed by atoms with van der Waals surface area (Å²) in [4.78, 5) is 29.2. The number of carbonyl (C=O) groups is 2. The highest BCUT2D eigenvalue weighted by molar-refractivity contribution is 6.06. The van der Waals surface area contributed by atoms with E-state index >= 15 is 0 Å². The largest absolute Gasteiger partial charge is 0.379 e. The second-order valence-corrected chi connectivity index (χ2v) is 8.06. The molecule has 0 bridgehead atoms. The fraction of sp³-hybridized carbons (Fsp3) is 0.160. The van der Waals surface area contributed by atoms with E-state index in [4.69, 9.17) is 10.6 Å². The van der Waals surface area contributed by atoms with Gasteiger partial charge in [-0.25, -0.2) is 8.78 Å². The van der Waals surface area contributed by atoms with Crippen LogP contribution >= 0.6 is 0 Å². The molecule has 168 valence electrons. The molecule has 1 atom stereocenters. The van der Waals surface area contributed by atoms with Gasteiger partial charge in [0.2, 0.25) is 5.60 Å². The minimum Gasteiger partial charge on any atom is -0.379 e. The molecule has 0 saturated heterocycles. The van der Waals surface area contributed by atoms with Gasteiger partial charge in [-0.15, -0.1) is 0 Å². The van der Waals surface area contributed by atoms with E-state index in [1.54, 1.807) is 31.2 Å². The van der Waals surface area contributed by atoms with Crippen LogP contribution in [0.2, 0.25) is 0 Å². The lowest BCUT2D eigenvalue weighted by atomic mass is 9.92. The first-order valence-corrected chi connectivity index (χ1v) is 10.2. The molecular weight excluding hydrogens is 428 g/mol. The number of carbonyl (C=O) groups excluding carboxylic acids is 2. The third-order valence-corrected chi connectivity index (χ3v) is 5.60. The number of hydrogen-bond donors (Lipinski definition) is 2.